The van der Waals surface area contributed by atoms with Gasteiger partial charge in [0.25, 0.3) is 11.1 Å². The van der Waals surface area contributed by atoms with E-state index in [1.165, 1.54) is 19.3 Å². The van der Waals surface area contributed by atoms with Crippen molar-refractivity contribution in [3.8, 4) is 11.5 Å². The zero-order chi connectivity index (χ0) is 22.1. The van der Waals surface area contributed by atoms with Crippen molar-refractivity contribution < 1.29 is 9.47 Å². The fraction of sp³-hybridized carbons (Fsp3) is 0.280. The third kappa shape index (κ3) is 6.47. The van der Waals surface area contributed by atoms with E-state index in [0.717, 1.165) is 29.0 Å². The minimum absolute atomic E-state index is 0.194. The molecule has 0 amide bonds. The zero-order valence-electron chi connectivity index (χ0n) is 17.9. The van der Waals surface area contributed by atoms with Gasteiger partial charge in [0.15, 0.2) is 0 Å². The van der Waals surface area contributed by atoms with Crippen LogP contribution in [0.25, 0.3) is 12.2 Å². The lowest BCUT2D eigenvalue weighted by molar-refractivity contribution is 0.305. The molecular formula is C25H28N2O4. The Morgan fingerprint density at radius 3 is 1.74 bits per heavy atom. The topological polar surface area (TPSA) is 84.2 Å². The number of unbranched alkanes of at least 4 members (excludes halogenated alkanes) is 3. The summed E-state index contributed by atoms with van der Waals surface area (Å²) in [6.07, 6.45) is 7.90. The Balaban J connectivity index is 1.77. The Morgan fingerprint density at radius 2 is 1.26 bits per heavy atom. The largest absolute Gasteiger partial charge is 0.497 e. The lowest BCUT2D eigenvalue weighted by atomic mass is 10.2. The Hall–Kier alpha value is -3.54. The van der Waals surface area contributed by atoms with Crippen molar-refractivity contribution in [3.63, 3.8) is 0 Å². The molecule has 0 bridgehead atoms. The quantitative estimate of drug-likeness (QED) is 0.522. The van der Waals surface area contributed by atoms with Crippen LogP contribution in [-0.2, 0) is 0 Å². The van der Waals surface area contributed by atoms with Crippen LogP contribution >= 0.6 is 0 Å². The molecule has 0 radical (unpaired) electrons. The maximum atomic E-state index is 12.5. The Kier molecular flexibility index (Phi) is 7.87. The van der Waals surface area contributed by atoms with Gasteiger partial charge in [-0.1, -0.05) is 50.5 Å². The molecule has 6 heteroatoms. The lowest BCUT2D eigenvalue weighted by Crippen LogP contribution is -2.46. The highest BCUT2D eigenvalue weighted by Gasteiger charge is 1.99. The van der Waals surface area contributed by atoms with E-state index in [1.54, 1.807) is 31.4 Å². The van der Waals surface area contributed by atoms with Crippen LogP contribution in [0.2, 0.25) is 0 Å². The van der Waals surface area contributed by atoms with E-state index in [4.69, 9.17) is 9.47 Å². The minimum Gasteiger partial charge on any atom is -0.497 e. The molecule has 0 unspecified atom stereocenters. The first-order chi connectivity index (χ1) is 15.1. The second kappa shape index (κ2) is 11.0. The van der Waals surface area contributed by atoms with E-state index in [2.05, 4.69) is 16.9 Å². The molecule has 0 aliphatic rings. The first kappa shape index (κ1) is 22.2. The van der Waals surface area contributed by atoms with Gasteiger partial charge >= 0.3 is 0 Å². The molecule has 0 spiro atoms. The van der Waals surface area contributed by atoms with E-state index >= 15 is 0 Å². The Morgan fingerprint density at radius 1 is 0.742 bits per heavy atom. The highest BCUT2D eigenvalue weighted by atomic mass is 16.5. The van der Waals surface area contributed by atoms with Gasteiger partial charge in [-0.3, -0.25) is 9.59 Å². The van der Waals surface area contributed by atoms with E-state index in [9.17, 15) is 9.59 Å². The number of nitrogens with one attached hydrogen (secondary N) is 2. The molecule has 0 fully saturated rings. The summed E-state index contributed by atoms with van der Waals surface area (Å²) < 4.78 is 10.9. The molecule has 6 nitrogen and oxygen atoms in total. The number of aromatic amines is 2. The summed E-state index contributed by atoms with van der Waals surface area (Å²) in [5.41, 5.74) is 0.847. The standard InChI is InChI=1S/C25H28N2O4/c1-3-4-5-6-15-31-21-13-9-19(10-14-21)17-23-25(29)26-22(24(28)27-23)16-18-7-11-20(30-2)12-8-18/h7-14,16-17H,3-6,15H2,1-2H3,(H,26,29)(H,27,28). The van der Waals surface area contributed by atoms with E-state index in [0.29, 0.717) is 6.61 Å². The number of ether oxygens (including phenoxy) is 2. The molecule has 0 aliphatic carbocycles. The number of H-pyrrole nitrogens is 2. The first-order valence-electron chi connectivity index (χ1n) is 10.5. The summed E-state index contributed by atoms with van der Waals surface area (Å²) >= 11 is 0. The van der Waals surface area contributed by atoms with Crippen molar-refractivity contribution in [3.05, 3.63) is 91.1 Å². The van der Waals surface area contributed by atoms with E-state index in [-0.39, 0.29) is 21.8 Å². The molecule has 1 heterocycles. The van der Waals surface area contributed by atoms with Crippen molar-refractivity contribution in [2.75, 3.05) is 13.7 Å². The van der Waals surface area contributed by atoms with E-state index in [1.807, 2.05) is 36.4 Å². The Labute approximate surface area is 180 Å². The molecule has 162 valence electrons. The second-order valence-corrected chi connectivity index (χ2v) is 7.28. The van der Waals surface area contributed by atoms with Crippen molar-refractivity contribution >= 4 is 12.2 Å². The summed E-state index contributed by atoms with van der Waals surface area (Å²) in [6, 6.07) is 14.6. The van der Waals surface area contributed by atoms with Gasteiger partial charge in [0.05, 0.1) is 13.7 Å². The number of rotatable bonds is 9. The average molecular weight is 421 g/mol. The minimum atomic E-state index is -0.367. The third-order valence-electron chi connectivity index (χ3n) is 4.87. The van der Waals surface area contributed by atoms with Gasteiger partial charge in [-0.05, 0) is 54.0 Å². The summed E-state index contributed by atoms with van der Waals surface area (Å²) in [6.45, 7) is 2.88. The molecular weight excluding hydrogens is 392 g/mol. The van der Waals surface area contributed by atoms with Crippen LogP contribution in [0.1, 0.15) is 43.7 Å². The lowest BCUT2D eigenvalue weighted by Gasteiger charge is -2.06. The van der Waals surface area contributed by atoms with E-state index < -0.39 is 0 Å². The molecule has 0 aliphatic heterocycles. The van der Waals surface area contributed by atoms with Gasteiger partial charge in [0.1, 0.15) is 22.2 Å². The van der Waals surface area contributed by atoms with Crippen LogP contribution in [0.3, 0.4) is 0 Å². The first-order valence-corrected chi connectivity index (χ1v) is 10.5. The molecule has 3 aromatic rings. The summed E-state index contributed by atoms with van der Waals surface area (Å²) in [5.74, 6) is 1.51. The fourth-order valence-corrected chi connectivity index (χ4v) is 3.11. The fourth-order valence-electron chi connectivity index (χ4n) is 3.11. The van der Waals surface area contributed by atoms with Gasteiger partial charge in [-0.15, -0.1) is 0 Å². The molecule has 0 atom stereocenters. The van der Waals surface area contributed by atoms with Gasteiger partial charge < -0.3 is 19.4 Å². The maximum Gasteiger partial charge on any atom is 0.272 e. The number of hydrogen-bond acceptors (Lipinski definition) is 4. The molecule has 0 saturated carbocycles. The van der Waals surface area contributed by atoms with Crippen molar-refractivity contribution in [2.45, 2.75) is 32.6 Å². The summed E-state index contributed by atoms with van der Waals surface area (Å²) in [7, 11) is 1.59. The normalized spacial score (nSPS) is 12.2. The second-order valence-electron chi connectivity index (χ2n) is 7.28. The highest BCUT2D eigenvalue weighted by molar-refractivity contribution is 5.51. The third-order valence-corrected chi connectivity index (χ3v) is 4.87. The molecule has 2 N–H and O–H groups in total. The van der Waals surface area contributed by atoms with Crippen LogP contribution in [0.5, 0.6) is 11.5 Å². The maximum absolute atomic E-state index is 12.5. The predicted octanol–water partition coefficient (Wildman–Crippen LogP) is 2.69. The number of benzene rings is 2. The summed E-state index contributed by atoms with van der Waals surface area (Å²) in [5, 5.41) is 0.393. The zero-order valence-corrected chi connectivity index (χ0v) is 17.9. The summed E-state index contributed by atoms with van der Waals surface area (Å²) in [4.78, 5) is 30.2. The molecule has 3 rings (SSSR count). The highest BCUT2D eigenvalue weighted by Crippen LogP contribution is 2.13. The SMILES string of the molecule is CCCCCCOc1ccc(C=c2[nH]c(=O)c(=Cc3ccc(OC)cc3)[nH]c2=O)cc1. The van der Waals surface area contributed by atoms with Crippen LogP contribution in [0.4, 0.5) is 0 Å². The van der Waals surface area contributed by atoms with Gasteiger partial charge in [0.2, 0.25) is 0 Å². The van der Waals surface area contributed by atoms with Crippen molar-refractivity contribution in [1.29, 1.82) is 0 Å². The van der Waals surface area contributed by atoms with Crippen LogP contribution in [0, 0.1) is 0 Å². The van der Waals surface area contributed by atoms with Crippen molar-refractivity contribution in [2.24, 2.45) is 0 Å². The van der Waals surface area contributed by atoms with Crippen LogP contribution in [-0.4, -0.2) is 23.7 Å². The number of methoxy groups -OCH3 is 1. The van der Waals surface area contributed by atoms with Gasteiger partial charge in [0, 0.05) is 0 Å². The predicted molar refractivity (Wildman–Crippen MR) is 123 cm³/mol. The molecule has 0 saturated heterocycles. The monoisotopic (exact) mass is 420 g/mol. The van der Waals surface area contributed by atoms with Gasteiger partial charge in [-0.2, -0.15) is 0 Å². The average Bonchev–Trinajstić information content (AvgIpc) is 2.78. The number of aromatic nitrogens is 2. The van der Waals surface area contributed by atoms with Crippen molar-refractivity contribution in [1.82, 2.24) is 9.97 Å². The smallest absolute Gasteiger partial charge is 0.272 e. The Bertz CT molecular complexity index is 1210. The molecule has 2 aromatic carbocycles. The molecule has 1 aromatic heterocycles. The van der Waals surface area contributed by atoms with Crippen LogP contribution in [0.15, 0.2) is 58.1 Å². The van der Waals surface area contributed by atoms with Gasteiger partial charge in [-0.25, -0.2) is 0 Å². The number of hydrogen-bond donors (Lipinski definition) is 2. The molecule has 31 heavy (non-hydrogen) atoms. The van der Waals surface area contributed by atoms with Crippen LogP contribution < -0.4 is 31.3 Å².